The molecule has 0 bridgehead atoms. The van der Waals surface area contributed by atoms with E-state index in [9.17, 15) is 14.7 Å². The lowest BCUT2D eigenvalue weighted by atomic mass is 9.83. The minimum absolute atomic E-state index is 0.00487. The van der Waals surface area contributed by atoms with Crippen molar-refractivity contribution in [3.8, 4) is 0 Å². The zero-order valence-corrected chi connectivity index (χ0v) is 36.5. The van der Waals surface area contributed by atoms with Crippen LogP contribution < -0.4 is 0 Å². The third kappa shape index (κ3) is 37.6. The quantitative estimate of drug-likeness (QED) is 0.0494. The monoisotopic (exact) mass is 752 g/mol. The average Bonchev–Trinajstić information content (AvgIpc) is 3.14. The number of rotatable bonds is 42. The Morgan fingerprint density at radius 1 is 0.509 bits per heavy atom. The van der Waals surface area contributed by atoms with Gasteiger partial charge in [0.15, 0.2) is 0 Å². The van der Waals surface area contributed by atoms with Crippen molar-refractivity contribution in [2.75, 3.05) is 39.5 Å². The summed E-state index contributed by atoms with van der Waals surface area (Å²) in [5, 5.41) is 9.46. The Bertz CT molecular complexity index is 771. The highest BCUT2D eigenvalue weighted by Gasteiger charge is 2.18. The Balaban J connectivity index is 4.22. The van der Waals surface area contributed by atoms with Crippen molar-refractivity contribution in [2.45, 2.75) is 240 Å². The fraction of sp³-hybridized carbons (Fsp3) is 0.957. The Morgan fingerprint density at radius 2 is 0.925 bits per heavy atom. The molecule has 0 saturated heterocycles. The molecule has 0 rings (SSSR count). The number of carbonyl (C=O) groups excluding carboxylic acids is 2. The molecule has 0 aromatic rings. The van der Waals surface area contributed by atoms with Crippen LogP contribution in [0.15, 0.2) is 0 Å². The third-order valence-electron chi connectivity index (χ3n) is 11.2. The smallest absolute Gasteiger partial charge is 0.305 e. The predicted octanol–water partition coefficient (Wildman–Crippen LogP) is 13.6. The highest BCUT2D eigenvalue weighted by Crippen LogP contribution is 2.28. The van der Waals surface area contributed by atoms with Crippen molar-refractivity contribution in [1.29, 1.82) is 0 Å². The van der Waals surface area contributed by atoms with Gasteiger partial charge in [-0.3, -0.25) is 9.59 Å². The standard InChI is InChI=1S/C47H93NO5/c1-6-9-12-15-18-21-26-34-45(50)52-42-30-37-47(4,5)36-29-39-48(40-31-41-49)38-28-23-22-27-35-46(51)53-43-44(32-24-19-16-13-10-7-2)33-25-20-17-14-11-8-3/h44,49H,6-43H2,1-5H3. The Hall–Kier alpha value is -1.14. The number of esters is 2. The molecule has 0 heterocycles. The van der Waals surface area contributed by atoms with E-state index in [1.54, 1.807) is 0 Å². The second-order valence-corrected chi connectivity index (χ2v) is 17.2. The molecule has 0 aliphatic carbocycles. The first-order chi connectivity index (χ1) is 25.8. The molecular formula is C47H93NO5. The number of unbranched alkanes of at least 4 members (excludes halogenated alkanes) is 19. The third-order valence-corrected chi connectivity index (χ3v) is 11.2. The number of hydrogen-bond donors (Lipinski definition) is 1. The van der Waals surface area contributed by atoms with Gasteiger partial charge in [0.05, 0.1) is 13.2 Å². The van der Waals surface area contributed by atoms with Gasteiger partial charge in [-0.2, -0.15) is 0 Å². The van der Waals surface area contributed by atoms with E-state index in [1.165, 1.54) is 122 Å². The van der Waals surface area contributed by atoms with Crippen molar-refractivity contribution in [3.63, 3.8) is 0 Å². The van der Waals surface area contributed by atoms with Crippen LogP contribution >= 0.6 is 0 Å². The summed E-state index contributed by atoms with van der Waals surface area (Å²) in [5.41, 5.74) is 0.227. The van der Waals surface area contributed by atoms with Gasteiger partial charge < -0.3 is 19.5 Å². The summed E-state index contributed by atoms with van der Waals surface area (Å²) in [6.07, 6.45) is 37.2. The summed E-state index contributed by atoms with van der Waals surface area (Å²) in [7, 11) is 0. The van der Waals surface area contributed by atoms with Crippen LogP contribution in [0.2, 0.25) is 0 Å². The SMILES string of the molecule is CCCCCCCCCC(=O)OCCCC(C)(C)CCCN(CCCO)CCCCCCC(=O)OCC(CCCCCCCC)CCCCCCCC. The van der Waals surface area contributed by atoms with Gasteiger partial charge in [0.2, 0.25) is 0 Å². The minimum atomic E-state index is -0.0304. The number of carbonyl (C=O) groups is 2. The molecule has 53 heavy (non-hydrogen) atoms. The van der Waals surface area contributed by atoms with Crippen LogP contribution in [-0.2, 0) is 19.1 Å². The first-order valence-electron chi connectivity index (χ1n) is 23.4. The lowest BCUT2D eigenvalue weighted by Crippen LogP contribution is -2.29. The van der Waals surface area contributed by atoms with Gasteiger partial charge >= 0.3 is 11.9 Å². The van der Waals surface area contributed by atoms with Crippen LogP contribution in [-0.4, -0.2) is 61.4 Å². The van der Waals surface area contributed by atoms with Crippen LogP contribution in [0.4, 0.5) is 0 Å². The molecule has 6 nitrogen and oxygen atoms in total. The average molecular weight is 752 g/mol. The van der Waals surface area contributed by atoms with Gasteiger partial charge in [0.1, 0.15) is 0 Å². The maximum atomic E-state index is 12.6. The molecule has 1 N–H and O–H groups in total. The van der Waals surface area contributed by atoms with E-state index >= 15 is 0 Å². The first-order valence-corrected chi connectivity index (χ1v) is 23.4. The van der Waals surface area contributed by atoms with Gasteiger partial charge in [0, 0.05) is 26.0 Å². The molecule has 0 aromatic heterocycles. The lowest BCUT2D eigenvalue weighted by molar-refractivity contribution is -0.145. The Kier molecular flexibility index (Phi) is 38.3. The minimum Gasteiger partial charge on any atom is -0.466 e. The number of nitrogens with zero attached hydrogens (tertiary/aromatic N) is 1. The molecule has 0 aromatic carbocycles. The van der Waals surface area contributed by atoms with E-state index in [-0.39, 0.29) is 24.0 Å². The molecular weight excluding hydrogens is 659 g/mol. The molecule has 0 spiro atoms. The molecule has 0 unspecified atom stereocenters. The van der Waals surface area contributed by atoms with Gasteiger partial charge in [-0.1, -0.05) is 163 Å². The van der Waals surface area contributed by atoms with E-state index in [4.69, 9.17) is 9.47 Å². The molecule has 0 aliphatic rings. The molecule has 0 atom stereocenters. The van der Waals surface area contributed by atoms with Crippen molar-refractivity contribution < 1.29 is 24.2 Å². The van der Waals surface area contributed by atoms with Gasteiger partial charge in [-0.15, -0.1) is 0 Å². The van der Waals surface area contributed by atoms with Crippen molar-refractivity contribution in [2.24, 2.45) is 11.3 Å². The largest absolute Gasteiger partial charge is 0.466 e. The predicted molar refractivity (Wildman–Crippen MR) is 227 cm³/mol. The lowest BCUT2D eigenvalue weighted by Gasteiger charge is -2.27. The second kappa shape index (κ2) is 39.1. The van der Waals surface area contributed by atoms with Crippen LogP contribution in [0.25, 0.3) is 0 Å². The second-order valence-electron chi connectivity index (χ2n) is 17.2. The molecule has 0 aliphatic heterocycles. The fourth-order valence-electron chi connectivity index (χ4n) is 7.55. The van der Waals surface area contributed by atoms with E-state index < -0.39 is 0 Å². The normalized spacial score (nSPS) is 11.9. The van der Waals surface area contributed by atoms with Crippen LogP contribution in [0, 0.1) is 11.3 Å². The molecule has 0 fully saturated rings. The first kappa shape index (κ1) is 51.9. The van der Waals surface area contributed by atoms with Gasteiger partial charge in [-0.05, 0) is 88.6 Å². The number of aliphatic hydroxyl groups is 1. The number of aliphatic hydroxyl groups excluding tert-OH is 1. The van der Waals surface area contributed by atoms with E-state index in [1.807, 2.05) is 0 Å². The zero-order chi connectivity index (χ0) is 39.1. The summed E-state index contributed by atoms with van der Waals surface area (Å²) < 4.78 is 11.4. The van der Waals surface area contributed by atoms with Crippen molar-refractivity contribution in [1.82, 2.24) is 4.90 Å². The summed E-state index contributed by atoms with van der Waals surface area (Å²) in [5.74, 6) is 0.493. The van der Waals surface area contributed by atoms with Gasteiger partial charge in [-0.25, -0.2) is 0 Å². The zero-order valence-electron chi connectivity index (χ0n) is 36.5. The topological polar surface area (TPSA) is 76.1 Å². The summed E-state index contributed by atoms with van der Waals surface area (Å²) in [6.45, 7) is 15.9. The highest BCUT2D eigenvalue weighted by molar-refractivity contribution is 5.69. The Labute approximate surface area is 331 Å². The van der Waals surface area contributed by atoms with Crippen molar-refractivity contribution in [3.05, 3.63) is 0 Å². The summed E-state index contributed by atoms with van der Waals surface area (Å²) >= 11 is 0. The number of hydrogen-bond acceptors (Lipinski definition) is 6. The summed E-state index contributed by atoms with van der Waals surface area (Å²) in [6, 6.07) is 0. The molecule has 0 amide bonds. The maximum Gasteiger partial charge on any atom is 0.305 e. The number of ether oxygens (including phenoxy) is 2. The highest BCUT2D eigenvalue weighted by atomic mass is 16.5. The van der Waals surface area contributed by atoms with E-state index in [0.717, 1.165) is 90.3 Å². The van der Waals surface area contributed by atoms with Crippen LogP contribution in [0.3, 0.4) is 0 Å². The molecule has 316 valence electrons. The maximum absolute atomic E-state index is 12.6. The van der Waals surface area contributed by atoms with E-state index in [0.29, 0.717) is 32.0 Å². The molecule has 0 saturated carbocycles. The van der Waals surface area contributed by atoms with Crippen molar-refractivity contribution >= 4 is 11.9 Å². The fourth-order valence-corrected chi connectivity index (χ4v) is 7.55. The van der Waals surface area contributed by atoms with Gasteiger partial charge in [0.25, 0.3) is 0 Å². The molecule has 6 heteroatoms. The molecule has 0 radical (unpaired) electrons. The summed E-state index contributed by atoms with van der Waals surface area (Å²) in [4.78, 5) is 27.2. The Morgan fingerprint density at radius 3 is 1.45 bits per heavy atom. The van der Waals surface area contributed by atoms with E-state index in [2.05, 4.69) is 39.5 Å². The van der Waals surface area contributed by atoms with Crippen LogP contribution in [0.5, 0.6) is 0 Å². The van der Waals surface area contributed by atoms with Crippen LogP contribution in [0.1, 0.15) is 240 Å².